The first-order valence-electron chi connectivity index (χ1n) is 7.44. The van der Waals surface area contributed by atoms with Gasteiger partial charge in [-0.15, -0.1) is 0 Å². The molecule has 2 nitrogen and oxygen atoms in total. The van der Waals surface area contributed by atoms with Crippen molar-refractivity contribution >= 4 is 0 Å². The fraction of sp³-hybridized carbons (Fsp3) is 0.647. The van der Waals surface area contributed by atoms with E-state index in [4.69, 9.17) is 5.73 Å². The Kier molecular flexibility index (Phi) is 4.32. The van der Waals surface area contributed by atoms with Gasteiger partial charge in [0.25, 0.3) is 0 Å². The molecule has 1 aromatic carbocycles. The van der Waals surface area contributed by atoms with Crippen molar-refractivity contribution in [1.29, 1.82) is 0 Å². The second kappa shape index (κ2) is 5.64. The van der Waals surface area contributed by atoms with Gasteiger partial charge in [0, 0.05) is 18.6 Å². The molecular weight excluding hydrogens is 232 g/mol. The maximum absolute atomic E-state index is 6.07. The standard InChI is InChI=1S/C17H28N2/c1-13(2)16-9-17(10-16,12-18)19(4)11-15-7-5-14(3)6-8-15/h5-8,13,16H,9-12,18H2,1-4H3. The molecule has 0 heterocycles. The van der Waals surface area contributed by atoms with E-state index in [1.165, 1.54) is 24.0 Å². The van der Waals surface area contributed by atoms with Gasteiger partial charge in [0.05, 0.1) is 0 Å². The molecule has 0 aromatic heterocycles. The molecular formula is C17H28N2. The minimum absolute atomic E-state index is 0.236. The smallest absolute Gasteiger partial charge is 0.0337 e. The summed E-state index contributed by atoms with van der Waals surface area (Å²) in [6.45, 7) is 8.56. The van der Waals surface area contributed by atoms with E-state index < -0.39 is 0 Å². The Labute approximate surface area is 118 Å². The molecule has 0 atom stereocenters. The predicted octanol–water partition coefficient (Wildman–Crippen LogP) is 3.19. The van der Waals surface area contributed by atoms with Crippen molar-refractivity contribution in [3.8, 4) is 0 Å². The van der Waals surface area contributed by atoms with E-state index in [2.05, 4.69) is 57.0 Å². The first kappa shape index (κ1) is 14.5. The Morgan fingerprint density at radius 2 is 1.84 bits per heavy atom. The van der Waals surface area contributed by atoms with Crippen molar-refractivity contribution in [3.05, 3.63) is 35.4 Å². The summed E-state index contributed by atoms with van der Waals surface area (Å²) in [7, 11) is 2.23. The summed E-state index contributed by atoms with van der Waals surface area (Å²) in [6.07, 6.45) is 2.51. The number of nitrogens with zero attached hydrogens (tertiary/aromatic N) is 1. The van der Waals surface area contributed by atoms with Gasteiger partial charge in [0.1, 0.15) is 0 Å². The third kappa shape index (κ3) is 3.01. The van der Waals surface area contributed by atoms with Crippen LogP contribution >= 0.6 is 0 Å². The van der Waals surface area contributed by atoms with Gasteiger partial charge in [-0.25, -0.2) is 0 Å². The van der Waals surface area contributed by atoms with Gasteiger partial charge in [-0.05, 0) is 44.2 Å². The van der Waals surface area contributed by atoms with Gasteiger partial charge >= 0.3 is 0 Å². The van der Waals surface area contributed by atoms with Crippen molar-refractivity contribution in [3.63, 3.8) is 0 Å². The third-order valence-corrected chi connectivity index (χ3v) is 4.96. The lowest BCUT2D eigenvalue weighted by Gasteiger charge is -2.54. The lowest BCUT2D eigenvalue weighted by Crippen LogP contribution is -2.60. The second-order valence-corrected chi connectivity index (χ2v) is 6.68. The highest BCUT2D eigenvalue weighted by Gasteiger charge is 2.46. The maximum atomic E-state index is 6.07. The second-order valence-electron chi connectivity index (χ2n) is 6.68. The highest BCUT2D eigenvalue weighted by Crippen LogP contribution is 2.45. The molecule has 1 aliphatic carbocycles. The van der Waals surface area contributed by atoms with Crippen LogP contribution in [0.1, 0.15) is 37.8 Å². The largest absolute Gasteiger partial charge is 0.329 e. The Morgan fingerprint density at radius 3 is 2.32 bits per heavy atom. The SMILES string of the molecule is Cc1ccc(CN(C)C2(CN)CC(C(C)C)C2)cc1. The summed E-state index contributed by atoms with van der Waals surface area (Å²) >= 11 is 0. The number of benzene rings is 1. The summed E-state index contributed by atoms with van der Waals surface area (Å²) in [5, 5.41) is 0. The highest BCUT2D eigenvalue weighted by atomic mass is 15.2. The van der Waals surface area contributed by atoms with Gasteiger partial charge in [0.2, 0.25) is 0 Å². The van der Waals surface area contributed by atoms with Crippen molar-refractivity contribution in [2.45, 2.75) is 45.7 Å². The van der Waals surface area contributed by atoms with Crippen LogP contribution in [0, 0.1) is 18.8 Å². The molecule has 2 heteroatoms. The molecule has 0 unspecified atom stereocenters. The summed E-state index contributed by atoms with van der Waals surface area (Å²) in [6, 6.07) is 8.84. The number of hydrogen-bond acceptors (Lipinski definition) is 2. The fourth-order valence-corrected chi connectivity index (χ4v) is 3.16. The Hall–Kier alpha value is -0.860. The minimum Gasteiger partial charge on any atom is -0.329 e. The van der Waals surface area contributed by atoms with E-state index in [1.807, 2.05) is 0 Å². The van der Waals surface area contributed by atoms with E-state index in [1.54, 1.807) is 0 Å². The highest BCUT2D eigenvalue weighted by molar-refractivity contribution is 5.21. The molecule has 0 saturated heterocycles. The van der Waals surface area contributed by atoms with Crippen molar-refractivity contribution < 1.29 is 0 Å². The van der Waals surface area contributed by atoms with Gasteiger partial charge < -0.3 is 5.73 Å². The van der Waals surface area contributed by atoms with E-state index >= 15 is 0 Å². The van der Waals surface area contributed by atoms with Gasteiger partial charge in [-0.1, -0.05) is 43.7 Å². The van der Waals surface area contributed by atoms with Gasteiger partial charge in [-0.3, -0.25) is 4.90 Å². The minimum atomic E-state index is 0.236. The van der Waals surface area contributed by atoms with Crippen molar-refractivity contribution in [1.82, 2.24) is 4.90 Å². The first-order valence-corrected chi connectivity index (χ1v) is 7.44. The molecule has 1 aromatic rings. The van der Waals surface area contributed by atoms with Crippen molar-refractivity contribution in [2.75, 3.05) is 13.6 Å². The number of aryl methyl sites for hydroxylation is 1. The maximum Gasteiger partial charge on any atom is 0.0337 e. The van der Waals surface area contributed by atoms with Crippen LogP contribution in [0.15, 0.2) is 24.3 Å². The zero-order valence-corrected chi connectivity index (χ0v) is 12.8. The third-order valence-electron chi connectivity index (χ3n) is 4.96. The lowest BCUT2D eigenvalue weighted by molar-refractivity contribution is -0.0244. The molecule has 0 bridgehead atoms. The van der Waals surface area contributed by atoms with E-state index in [0.717, 1.165) is 24.9 Å². The Balaban J connectivity index is 1.98. The molecule has 106 valence electrons. The van der Waals surface area contributed by atoms with Crippen LogP contribution in [0.4, 0.5) is 0 Å². The lowest BCUT2D eigenvalue weighted by atomic mass is 9.63. The molecule has 0 amide bonds. The average molecular weight is 260 g/mol. The fourth-order valence-electron chi connectivity index (χ4n) is 3.16. The molecule has 1 saturated carbocycles. The molecule has 2 rings (SSSR count). The van der Waals surface area contributed by atoms with Crippen LogP contribution in [0.25, 0.3) is 0 Å². The average Bonchev–Trinajstić information content (AvgIpc) is 2.31. The molecule has 0 aliphatic heterocycles. The van der Waals surface area contributed by atoms with Crippen LogP contribution in [0.3, 0.4) is 0 Å². The predicted molar refractivity (Wildman–Crippen MR) is 82.0 cm³/mol. The summed E-state index contributed by atoms with van der Waals surface area (Å²) < 4.78 is 0. The first-order chi connectivity index (χ1) is 8.97. The van der Waals surface area contributed by atoms with Crippen LogP contribution in [-0.2, 0) is 6.54 Å². The molecule has 1 fully saturated rings. The monoisotopic (exact) mass is 260 g/mol. The van der Waals surface area contributed by atoms with E-state index in [9.17, 15) is 0 Å². The number of nitrogens with two attached hydrogens (primary N) is 1. The normalized spacial score (nSPS) is 26.8. The van der Waals surface area contributed by atoms with E-state index in [0.29, 0.717) is 0 Å². The van der Waals surface area contributed by atoms with Crippen LogP contribution in [-0.4, -0.2) is 24.0 Å². The molecule has 0 spiro atoms. The molecule has 2 N–H and O–H groups in total. The topological polar surface area (TPSA) is 29.3 Å². The van der Waals surface area contributed by atoms with E-state index in [-0.39, 0.29) is 5.54 Å². The Morgan fingerprint density at radius 1 is 1.26 bits per heavy atom. The zero-order chi connectivity index (χ0) is 14.0. The number of likely N-dealkylation sites (N-methyl/N-ethyl adjacent to an activating group) is 1. The molecule has 0 radical (unpaired) electrons. The quantitative estimate of drug-likeness (QED) is 0.881. The Bertz CT molecular complexity index is 402. The number of hydrogen-bond donors (Lipinski definition) is 1. The number of rotatable bonds is 5. The molecule has 1 aliphatic rings. The van der Waals surface area contributed by atoms with Gasteiger partial charge in [-0.2, -0.15) is 0 Å². The summed E-state index contributed by atoms with van der Waals surface area (Å²) in [4.78, 5) is 2.47. The zero-order valence-electron chi connectivity index (χ0n) is 12.8. The van der Waals surface area contributed by atoms with Crippen LogP contribution in [0.5, 0.6) is 0 Å². The summed E-state index contributed by atoms with van der Waals surface area (Å²) in [5.41, 5.74) is 9.01. The van der Waals surface area contributed by atoms with Crippen LogP contribution in [0.2, 0.25) is 0 Å². The van der Waals surface area contributed by atoms with Gasteiger partial charge in [0.15, 0.2) is 0 Å². The van der Waals surface area contributed by atoms with Crippen molar-refractivity contribution in [2.24, 2.45) is 17.6 Å². The molecule has 19 heavy (non-hydrogen) atoms. The van der Waals surface area contributed by atoms with Crippen LogP contribution < -0.4 is 5.73 Å². The summed E-state index contributed by atoms with van der Waals surface area (Å²) in [5.74, 6) is 1.64.